The summed E-state index contributed by atoms with van der Waals surface area (Å²) in [6.45, 7) is 0. The zero-order valence-electron chi connectivity index (χ0n) is 22.1. The van der Waals surface area contributed by atoms with E-state index in [4.69, 9.17) is 0 Å². The molecule has 0 aromatic carbocycles. The van der Waals surface area contributed by atoms with Crippen LogP contribution in [0.1, 0.15) is 0 Å². The molecular formula is C15F36NSi+. The molecule has 320 valence electrons. The minimum atomic E-state index is -14.3. The largest absolute Gasteiger partial charge is 0.612 e. The summed E-state index contributed by atoms with van der Waals surface area (Å²) in [4.78, 5) is 0. The lowest BCUT2D eigenvalue weighted by atomic mass is 9.90. The fourth-order valence-electron chi connectivity index (χ4n) is 3.48. The molecule has 0 saturated carbocycles. The zero-order valence-corrected chi connectivity index (χ0v) is 23.1. The molecule has 0 aromatic rings. The van der Waals surface area contributed by atoms with Crippen molar-refractivity contribution in [2.24, 2.45) is 0 Å². The standard InChI is InChI=1S/C15F36NSi/c16-1(17,3(20,21)5(24,25)8(30,31)32)2(18,19)4(22,23)6(26,27)12(42,43)52(50,51)53(14(46,47)10(36,37)38,15(48,49)11(39,40)41)13(44,45)7(28,29)9(33,34)35/q+1. The van der Waals surface area contributed by atoms with Gasteiger partial charge in [0.1, 0.15) is 0 Å². The molecule has 0 N–H and O–H groups in total. The molecule has 0 rings (SSSR count). The van der Waals surface area contributed by atoms with E-state index in [0.717, 1.165) is 0 Å². The van der Waals surface area contributed by atoms with Crippen molar-refractivity contribution in [1.29, 1.82) is 0 Å². The Balaban J connectivity index is 9.15. The van der Waals surface area contributed by atoms with Crippen LogP contribution in [-0.2, 0) is 0 Å². The summed E-state index contributed by atoms with van der Waals surface area (Å²) in [5, 5.41) is 0. The van der Waals surface area contributed by atoms with Gasteiger partial charge in [-0.2, -0.15) is 140 Å². The van der Waals surface area contributed by atoms with E-state index >= 15 is 0 Å². The number of quaternary nitrogens is 1. The number of hydrogen-bond acceptors (Lipinski definition) is 0. The Labute approximate surface area is 261 Å². The van der Waals surface area contributed by atoms with Crippen LogP contribution < -0.4 is 0 Å². The summed E-state index contributed by atoms with van der Waals surface area (Å²) < 4.78 is 474. The van der Waals surface area contributed by atoms with E-state index in [1.54, 1.807) is 0 Å². The highest BCUT2D eigenvalue weighted by molar-refractivity contribution is 6.80. The van der Waals surface area contributed by atoms with Crippen molar-refractivity contribution in [2.75, 3.05) is 0 Å². The molecule has 0 amide bonds. The molecule has 0 bridgehead atoms. The number of halogens is 36. The van der Waals surface area contributed by atoms with Crippen LogP contribution in [0.2, 0.25) is 0 Å². The number of hydrogen-bond donors (Lipinski definition) is 0. The highest BCUT2D eigenvalue weighted by atomic mass is 28.3. The minimum Gasteiger partial charge on any atom is -0.196 e. The van der Waals surface area contributed by atoms with Crippen LogP contribution in [0.5, 0.6) is 0 Å². The molecular weight excluding hydrogens is 906 g/mol. The van der Waals surface area contributed by atoms with Gasteiger partial charge in [-0.3, -0.25) is 0 Å². The van der Waals surface area contributed by atoms with E-state index in [2.05, 4.69) is 0 Å². The Morgan fingerprint density at radius 1 is 0.226 bits per heavy atom. The van der Waals surface area contributed by atoms with E-state index in [1.807, 2.05) is 0 Å². The first-order chi connectivity index (χ1) is 22.0. The van der Waals surface area contributed by atoms with E-state index in [0.29, 0.717) is 0 Å². The third-order valence-electron chi connectivity index (χ3n) is 6.31. The Morgan fingerprint density at radius 3 is 0.642 bits per heavy atom. The Bertz CT molecular complexity index is 1310. The summed E-state index contributed by atoms with van der Waals surface area (Å²) in [6.07, 6.45) is -37.3. The van der Waals surface area contributed by atoms with Crippen LogP contribution in [0.15, 0.2) is 0 Å². The lowest BCUT2D eigenvalue weighted by molar-refractivity contribution is -1.17. The second-order valence-electron chi connectivity index (χ2n) is 9.50. The van der Waals surface area contributed by atoms with Crippen LogP contribution in [0.4, 0.5) is 158 Å². The van der Waals surface area contributed by atoms with Crippen LogP contribution >= 0.6 is 0 Å². The average molecular weight is 906 g/mol. The summed E-state index contributed by atoms with van der Waals surface area (Å²) >= 11 is 0. The van der Waals surface area contributed by atoms with Gasteiger partial charge in [-0.1, -0.05) is 0 Å². The van der Waals surface area contributed by atoms with Gasteiger partial charge < -0.3 is 0 Å². The third-order valence-corrected chi connectivity index (χ3v) is 11.0. The molecule has 0 aliphatic heterocycles. The maximum absolute atomic E-state index is 14.7. The van der Waals surface area contributed by atoms with Gasteiger partial charge in [-0.15, -0.1) is 8.78 Å². The minimum absolute atomic E-state index is 8.56. The lowest BCUT2D eigenvalue weighted by Crippen LogP contribution is -2.97. The van der Waals surface area contributed by atoms with Crippen molar-refractivity contribution in [3.8, 4) is 0 Å². The molecule has 0 spiro atoms. The molecule has 0 aliphatic rings. The second kappa shape index (κ2) is 11.8. The maximum atomic E-state index is 14.7. The quantitative estimate of drug-likeness (QED) is 0.0792. The summed E-state index contributed by atoms with van der Waals surface area (Å²) in [5.74, 6) is -70.6. The van der Waals surface area contributed by atoms with Crippen molar-refractivity contribution in [3.63, 3.8) is 0 Å². The Hall–Kier alpha value is -2.34. The molecule has 0 atom stereocenters. The normalized spacial score (nSPS) is 17.4. The zero-order chi connectivity index (χ0) is 44.5. The molecule has 38 heteroatoms. The van der Waals surface area contributed by atoms with Gasteiger partial charge in [0.05, 0.1) is 4.59 Å². The van der Waals surface area contributed by atoms with Crippen LogP contribution in [0, 0.1) is 0 Å². The molecule has 0 fully saturated rings. The first kappa shape index (κ1) is 50.7. The van der Waals surface area contributed by atoms with Gasteiger partial charge >= 0.3 is 97.1 Å². The maximum Gasteiger partial charge on any atom is 0.612 e. The fourth-order valence-corrected chi connectivity index (χ4v) is 7.70. The highest BCUT2D eigenvalue weighted by Crippen LogP contribution is 2.72. The molecule has 0 heterocycles. The van der Waals surface area contributed by atoms with Crippen molar-refractivity contribution < 1.29 is 163 Å². The van der Waals surface area contributed by atoms with Crippen LogP contribution in [0.3, 0.4) is 0 Å². The van der Waals surface area contributed by atoms with Crippen molar-refractivity contribution in [3.05, 3.63) is 0 Å². The summed E-state index contributed by atoms with van der Waals surface area (Å²) in [7, 11) is -14.3. The SMILES string of the molecule is FC(F)(F)C(F)(F)C(F)(F)C(F)(F)C(F)(F)C(F)(F)C(F)(F)C(F)(F)[N+](F)(F)[Si](C(F)(F)C(F)(F)F)(C(F)(F)C(F)(F)F)C(F)(F)C(F)(F)C(F)(F)F. The Kier molecular flexibility index (Phi) is 11.3. The lowest BCUT2D eigenvalue weighted by Gasteiger charge is -2.50. The van der Waals surface area contributed by atoms with E-state index in [1.165, 1.54) is 0 Å². The Morgan fingerprint density at radius 2 is 0.434 bits per heavy atom. The fraction of sp³-hybridized carbons (Fsp3) is 1.00. The topological polar surface area (TPSA) is 0 Å². The van der Waals surface area contributed by atoms with Crippen molar-refractivity contribution in [2.45, 2.75) is 88.8 Å². The van der Waals surface area contributed by atoms with Gasteiger partial charge in [0, 0.05) is 8.96 Å². The molecule has 1 nitrogen and oxygen atoms in total. The third kappa shape index (κ3) is 5.62. The predicted molar refractivity (Wildman–Crippen MR) is 86.9 cm³/mol. The molecule has 0 saturated heterocycles. The van der Waals surface area contributed by atoms with E-state index in [9.17, 15) is 158 Å². The van der Waals surface area contributed by atoms with Gasteiger partial charge in [-0.05, 0) is 0 Å². The molecule has 0 aliphatic carbocycles. The van der Waals surface area contributed by atoms with Gasteiger partial charge in [-0.25, -0.2) is 0 Å². The van der Waals surface area contributed by atoms with Gasteiger partial charge in [0.15, 0.2) is 0 Å². The number of nitrogens with zero attached hydrogens (tertiary/aromatic N) is 1. The van der Waals surface area contributed by atoms with Crippen LogP contribution in [-0.4, -0.2) is 102 Å². The average Bonchev–Trinajstić information content (AvgIpc) is 2.84. The molecule has 0 aromatic heterocycles. The first-order valence-corrected chi connectivity index (χ1v) is 12.7. The highest BCUT2D eigenvalue weighted by Gasteiger charge is 3.16. The van der Waals surface area contributed by atoms with Gasteiger partial charge in [0.2, 0.25) is 0 Å². The van der Waals surface area contributed by atoms with Crippen LogP contribution in [0.25, 0.3) is 0 Å². The van der Waals surface area contributed by atoms with E-state index in [-0.39, 0.29) is 0 Å². The molecule has 0 unspecified atom stereocenters. The van der Waals surface area contributed by atoms with Crippen molar-refractivity contribution >= 4 is 8.24 Å². The summed E-state index contributed by atoms with van der Waals surface area (Å²) in [6, 6.07) is -11.2. The predicted octanol–water partition coefficient (Wildman–Crippen LogP) is 11.3. The monoisotopic (exact) mass is 906 g/mol. The smallest absolute Gasteiger partial charge is 0.196 e. The number of alkyl halides is 34. The number of rotatable bonds is 12. The van der Waals surface area contributed by atoms with E-state index < -0.39 is 102 Å². The molecule has 53 heavy (non-hydrogen) atoms. The van der Waals surface area contributed by atoms with Gasteiger partial charge in [0.25, 0.3) is 0 Å². The second-order valence-corrected chi connectivity index (χ2v) is 13.4. The summed E-state index contributed by atoms with van der Waals surface area (Å²) in [5.41, 5.74) is -32.2. The molecule has 0 radical (unpaired) electrons. The van der Waals surface area contributed by atoms with Crippen molar-refractivity contribution in [1.82, 2.24) is 0 Å². The first-order valence-electron chi connectivity index (χ1n) is 10.7.